The molecule has 0 aromatic heterocycles. The number of benzene rings is 2. The van der Waals surface area contributed by atoms with Gasteiger partial charge >= 0.3 is 5.97 Å². The zero-order chi connectivity index (χ0) is 19.5. The molecular weight excluding hydrogens is 343 g/mol. The third-order valence-corrected chi connectivity index (χ3v) is 3.31. The van der Waals surface area contributed by atoms with Gasteiger partial charge in [-0.1, -0.05) is 6.07 Å². The lowest BCUT2D eigenvalue weighted by Crippen LogP contribution is -2.24. The topological polar surface area (TPSA) is 102 Å². The van der Waals surface area contributed by atoms with E-state index in [0.29, 0.717) is 5.56 Å². The van der Waals surface area contributed by atoms with E-state index >= 15 is 0 Å². The van der Waals surface area contributed by atoms with Crippen molar-refractivity contribution in [1.82, 2.24) is 0 Å². The van der Waals surface area contributed by atoms with Crippen LogP contribution in [0.5, 0.6) is 0 Å². The maximum atomic E-state index is 14.3. The Morgan fingerprint density at radius 2 is 1.88 bits per heavy atom. The van der Waals surface area contributed by atoms with E-state index in [9.17, 15) is 19.3 Å². The Morgan fingerprint density at radius 3 is 2.42 bits per heavy atom. The first kappa shape index (κ1) is 19.3. The van der Waals surface area contributed by atoms with E-state index in [2.05, 4.69) is 5.32 Å². The fourth-order valence-electron chi connectivity index (χ4n) is 2.16. The van der Waals surface area contributed by atoms with Crippen molar-refractivity contribution in [2.45, 2.75) is 33.0 Å². The summed E-state index contributed by atoms with van der Waals surface area (Å²) < 4.78 is 19.5. The van der Waals surface area contributed by atoms with E-state index in [-0.39, 0.29) is 29.2 Å². The Morgan fingerprint density at radius 1 is 1.23 bits per heavy atom. The number of rotatable bonds is 5. The lowest BCUT2D eigenvalue weighted by atomic mass is 10.1. The van der Waals surface area contributed by atoms with Crippen LogP contribution in [-0.4, -0.2) is 21.6 Å². The summed E-state index contributed by atoms with van der Waals surface area (Å²) in [5, 5.41) is 22.9. The van der Waals surface area contributed by atoms with E-state index in [1.807, 2.05) is 0 Å². The number of nitrogens with zero attached hydrogens (tertiary/aromatic N) is 1. The molecule has 2 N–H and O–H groups in total. The minimum Gasteiger partial charge on any atom is -0.456 e. The van der Waals surface area contributed by atoms with Crippen molar-refractivity contribution in [1.29, 1.82) is 0 Å². The van der Waals surface area contributed by atoms with E-state index < -0.39 is 22.3 Å². The predicted octanol–water partition coefficient (Wildman–Crippen LogP) is 3.93. The van der Waals surface area contributed by atoms with Crippen molar-refractivity contribution < 1.29 is 24.0 Å². The molecule has 0 saturated carbocycles. The molecule has 0 saturated heterocycles. The summed E-state index contributed by atoms with van der Waals surface area (Å²) in [5.41, 5.74) is -0.573. The van der Waals surface area contributed by atoms with Gasteiger partial charge in [-0.2, -0.15) is 0 Å². The first-order chi connectivity index (χ1) is 12.1. The van der Waals surface area contributed by atoms with Crippen molar-refractivity contribution in [2.75, 3.05) is 5.32 Å². The molecule has 138 valence electrons. The Kier molecular flexibility index (Phi) is 5.56. The Hall–Kier alpha value is -3.00. The van der Waals surface area contributed by atoms with E-state index in [4.69, 9.17) is 9.84 Å². The predicted molar refractivity (Wildman–Crippen MR) is 93.9 cm³/mol. The zero-order valence-corrected chi connectivity index (χ0v) is 14.6. The van der Waals surface area contributed by atoms with Crippen LogP contribution in [0.2, 0.25) is 0 Å². The fraction of sp³-hybridized carbons (Fsp3) is 0.278. The van der Waals surface area contributed by atoms with Gasteiger partial charge in [-0.05, 0) is 50.6 Å². The van der Waals surface area contributed by atoms with Gasteiger partial charge in [-0.3, -0.25) is 10.1 Å². The largest absolute Gasteiger partial charge is 0.456 e. The van der Waals surface area contributed by atoms with Gasteiger partial charge in [0.25, 0.3) is 5.69 Å². The van der Waals surface area contributed by atoms with Crippen LogP contribution in [-0.2, 0) is 11.3 Å². The van der Waals surface area contributed by atoms with Gasteiger partial charge in [0.15, 0.2) is 0 Å². The summed E-state index contributed by atoms with van der Waals surface area (Å²) in [4.78, 5) is 22.5. The van der Waals surface area contributed by atoms with Gasteiger partial charge in [0.2, 0.25) is 0 Å². The molecule has 0 spiro atoms. The highest BCUT2D eigenvalue weighted by atomic mass is 19.1. The number of nitro benzene ring substituents is 1. The van der Waals surface area contributed by atoms with Crippen LogP contribution < -0.4 is 5.32 Å². The van der Waals surface area contributed by atoms with E-state index in [1.54, 1.807) is 20.8 Å². The summed E-state index contributed by atoms with van der Waals surface area (Å²) in [6.07, 6.45) is 0. The molecule has 7 nitrogen and oxygen atoms in total. The number of ether oxygens (including phenoxy) is 1. The van der Waals surface area contributed by atoms with E-state index in [1.165, 1.54) is 30.3 Å². The first-order valence-corrected chi connectivity index (χ1v) is 7.79. The lowest BCUT2D eigenvalue weighted by Gasteiger charge is -2.19. The number of aliphatic hydroxyl groups is 1. The number of nitrogens with one attached hydrogen (secondary N) is 1. The second kappa shape index (κ2) is 7.49. The van der Waals surface area contributed by atoms with Crippen LogP contribution in [0.4, 0.5) is 21.5 Å². The molecule has 0 aliphatic rings. The molecule has 0 atom stereocenters. The number of hydrogen-bond acceptors (Lipinski definition) is 6. The number of nitro groups is 1. The minimum absolute atomic E-state index is 0.0304. The van der Waals surface area contributed by atoms with Crippen LogP contribution in [0.3, 0.4) is 0 Å². The Labute approximate surface area is 149 Å². The number of anilines is 2. The summed E-state index contributed by atoms with van der Waals surface area (Å²) in [6.45, 7) is 4.76. The molecule has 2 rings (SSSR count). The van der Waals surface area contributed by atoms with Crippen LogP contribution in [0.1, 0.15) is 36.7 Å². The summed E-state index contributed by atoms with van der Waals surface area (Å²) >= 11 is 0. The van der Waals surface area contributed by atoms with Crippen molar-refractivity contribution in [3.63, 3.8) is 0 Å². The maximum absolute atomic E-state index is 14.3. The molecule has 0 fully saturated rings. The van der Waals surface area contributed by atoms with Crippen LogP contribution in [0.25, 0.3) is 0 Å². The molecule has 2 aromatic rings. The summed E-state index contributed by atoms with van der Waals surface area (Å²) in [5.74, 6) is -1.42. The van der Waals surface area contributed by atoms with Crippen LogP contribution >= 0.6 is 0 Å². The van der Waals surface area contributed by atoms with Crippen molar-refractivity contribution >= 4 is 23.0 Å². The van der Waals surface area contributed by atoms with Crippen molar-refractivity contribution in [2.24, 2.45) is 0 Å². The molecule has 0 aliphatic carbocycles. The quantitative estimate of drug-likeness (QED) is 0.475. The number of aliphatic hydroxyl groups excluding tert-OH is 1. The molecule has 0 heterocycles. The van der Waals surface area contributed by atoms with E-state index in [0.717, 1.165) is 6.07 Å². The lowest BCUT2D eigenvalue weighted by molar-refractivity contribution is -0.384. The average molecular weight is 362 g/mol. The molecule has 8 heteroatoms. The number of carbonyl (C=O) groups is 1. The molecule has 0 radical (unpaired) electrons. The number of halogens is 1. The molecular formula is C18H19FN2O5. The van der Waals surface area contributed by atoms with Crippen LogP contribution in [0.15, 0.2) is 36.4 Å². The summed E-state index contributed by atoms with van der Waals surface area (Å²) in [6, 6.07) is 7.75. The number of carbonyl (C=O) groups excluding carboxylic acids is 1. The van der Waals surface area contributed by atoms with Gasteiger partial charge in [0, 0.05) is 6.07 Å². The number of hydrogen-bond donors (Lipinski definition) is 2. The standard InChI is InChI=1S/C18H19FN2O5/c1-18(2,3)26-17(23)12-5-7-14(13(19)9-12)20-15-6-4-11(10-22)8-16(15)21(24)25/h4-9,20,22H,10H2,1-3H3. The van der Waals surface area contributed by atoms with Gasteiger partial charge < -0.3 is 15.2 Å². The van der Waals surface area contributed by atoms with Crippen molar-refractivity contribution in [3.05, 3.63) is 63.5 Å². The Balaban J connectivity index is 2.29. The van der Waals surface area contributed by atoms with Gasteiger partial charge in [0.05, 0.1) is 22.8 Å². The smallest absolute Gasteiger partial charge is 0.338 e. The normalized spacial score (nSPS) is 11.1. The number of esters is 1. The zero-order valence-electron chi connectivity index (χ0n) is 14.6. The molecule has 2 aromatic carbocycles. The Bertz CT molecular complexity index is 846. The highest BCUT2D eigenvalue weighted by Crippen LogP contribution is 2.30. The highest BCUT2D eigenvalue weighted by Gasteiger charge is 2.20. The molecule has 0 unspecified atom stereocenters. The van der Waals surface area contributed by atoms with Gasteiger partial charge in [-0.15, -0.1) is 0 Å². The average Bonchev–Trinajstić information content (AvgIpc) is 2.55. The monoisotopic (exact) mass is 362 g/mol. The van der Waals surface area contributed by atoms with Gasteiger partial charge in [0.1, 0.15) is 17.1 Å². The second-order valence-electron chi connectivity index (χ2n) is 6.59. The first-order valence-electron chi connectivity index (χ1n) is 7.79. The second-order valence-corrected chi connectivity index (χ2v) is 6.59. The molecule has 0 aliphatic heterocycles. The SMILES string of the molecule is CC(C)(C)OC(=O)c1ccc(Nc2ccc(CO)cc2[N+](=O)[O-])c(F)c1. The molecule has 0 bridgehead atoms. The fourth-order valence-corrected chi connectivity index (χ4v) is 2.16. The van der Waals surface area contributed by atoms with Gasteiger partial charge in [-0.25, -0.2) is 9.18 Å². The summed E-state index contributed by atoms with van der Waals surface area (Å²) in [7, 11) is 0. The van der Waals surface area contributed by atoms with Crippen LogP contribution in [0, 0.1) is 15.9 Å². The third-order valence-electron chi connectivity index (χ3n) is 3.31. The maximum Gasteiger partial charge on any atom is 0.338 e. The highest BCUT2D eigenvalue weighted by molar-refractivity contribution is 5.90. The third kappa shape index (κ3) is 4.76. The minimum atomic E-state index is -0.756. The molecule has 0 amide bonds. The molecule has 26 heavy (non-hydrogen) atoms. The van der Waals surface area contributed by atoms with Crippen molar-refractivity contribution in [3.8, 4) is 0 Å².